The van der Waals surface area contributed by atoms with Gasteiger partial charge in [0.05, 0.1) is 15.9 Å². The van der Waals surface area contributed by atoms with Gasteiger partial charge >= 0.3 is 6.03 Å². The van der Waals surface area contributed by atoms with Crippen LogP contribution < -0.4 is 19.7 Å². The number of halogens is 2. The predicted molar refractivity (Wildman–Crippen MR) is 151 cm³/mol. The van der Waals surface area contributed by atoms with E-state index >= 15 is 0 Å². The van der Waals surface area contributed by atoms with Crippen LogP contribution >= 0.6 is 34.2 Å². The Morgan fingerprint density at radius 1 is 0.973 bits per heavy atom. The van der Waals surface area contributed by atoms with Gasteiger partial charge in [0.1, 0.15) is 12.2 Å². The Morgan fingerprint density at radius 3 is 2.38 bits per heavy atom. The number of rotatable bonds is 7. The van der Waals surface area contributed by atoms with Gasteiger partial charge in [-0.2, -0.15) is 0 Å². The molecule has 7 nitrogen and oxygen atoms in total. The fourth-order valence-corrected chi connectivity index (χ4v) is 4.68. The standard InChI is InChI=1S/C28H24ClIN2O5/c1-4-36-24-14-19(13-23(30)25(24)37-15-18-6-5-16(2)17(3)11-18)12-22-26(33)31-28(35)32(27(22)34)21-9-7-20(29)8-10-21/h5-14H,4,15H2,1-3H3,(H,31,33,35)/b22-12+. The number of nitrogens with zero attached hydrogens (tertiary/aromatic N) is 1. The number of nitrogens with one attached hydrogen (secondary N) is 1. The first kappa shape index (κ1) is 26.7. The maximum Gasteiger partial charge on any atom is 0.335 e. The van der Waals surface area contributed by atoms with Gasteiger partial charge in [0.2, 0.25) is 0 Å². The van der Waals surface area contributed by atoms with Crippen molar-refractivity contribution in [3.05, 3.63) is 91.0 Å². The van der Waals surface area contributed by atoms with E-state index in [-0.39, 0.29) is 5.57 Å². The number of hydrogen-bond donors (Lipinski definition) is 1. The second kappa shape index (κ2) is 11.4. The zero-order valence-electron chi connectivity index (χ0n) is 20.4. The van der Waals surface area contributed by atoms with Crippen LogP contribution in [0.5, 0.6) is 11.5 Å². The first-order valence-electron chi connectivity index (χ1n) is 11.5. The Hall–Kier alpha value is -3.37. The summed E-state index contributed by atoms with van der Waals surface area (Å²) in [6.07, 6.45) is 1.44. The van der Waals surface area contributed by atoms with Crippen LogP contribution in [0, 0.1) is 17.4 Å². The number of carbonyl (C=O) groups excluding carboxylic acids is 3. The van der Waals surface area contributed by atoms with Crippen molar-refractivity contribution < 1.29 is 23.9 Å². The van der Waals surface area contributed by atoms with Crippen LogP contribution in [0.15, 0.2) is 60.2 Å². The molecular formula is C28H24ClIN2O5. The number of urea groups is 1. The minimum absolute atomic E-state index is 0.184. The first-order valence-corrected chi connectivity index (χ1v) is 13.0. The highest BCUT2D eigenvalue weighted by molar-refractivity contribution is 14.1. The van der Waals surface area contributed by atoms with Crippen LogP contribution in [0.2, 0.25) is 5.02 Å². The van der Waals surface area contributed by atoms with Gasteiger partial charge in [-0.15, -0.1) is 0 Å². The summed E-state index contributed by atoms with van der Waals surface area (Å²) in [5.41, 5.74) is 4.09. The molecule has 0 radical (unpaired) electrons. The van der Waals surface area contributed by atoms with Crippen LogP contribution in [0.3, 0.4) is 0 Å². The van der Waals surface area contributed by atoms with Crippen molar-refractivity contribution in [2.75, 3.05) is 11.5 Å². The van der Waals surface area contributed by atoms with E-state index in [0.29, 0.717) is 41.0 Å². The number of benzene rings is 3. The van der Waals surface area contributed by atoms with Crippen LogP contribution in [0.1, 0.15) is 29.2 Å². The number of aryl methyl sites for hydroxylation is 2. The van der Waals surface area contributed by atoms with Crippen molar-refractivity contribution >= 4 is 63.8 Å². The van der Waals surface area contributed by atoms with E-state index in [1.54, 1.807) is 24.3 Å². The van der Waals surface area contributed by atoms with Gasteiger partial charge in [-0.3, -0.25) is 14.9 Å². The normalized spacial score (nSPS) is 14.7. The summed E-state index contributed by atoms with van der Waals surface area (Å²) < 4.78 is 12.7. The number of barbiturate groups is 1. The second-order valence-corrected chi connectivity index (χ2v) is 10.0. The summed E-state index contributed by atoms with van der Waals surface area (Å²) in [6.45, 7) is 6.73. The molecule has 4 amide bonds. The quantitative estimate of drug-likeness (QED) is 0.191. The van der Waals surface area contributed by atoms with E-state index in [0.717, 1.165) is 14.0 Å². The zero-order chi connectivity index (χ0) is 26.7. The Kier molecular flexibility index (Phi) is 8.19. The highest BCUT2D eigenvalue weighted by Gasteiger charge is 2.36. The maximum atomic E-state index is 13.2. The van der Waals surface area contributed by atoms with Gasteiger partial charge in [-0.1, -0.05) is 29.8 Å². The highest BCUT2D eigenvalue weighted by atomic mass is 127. The Labute approximate surface area is 233 Å². The van der Waals surface area contributed by atoms with Crippen molar-refractivity contribution in [2.24, 2.45) is 0 Å². The molecule has 1 heterocycles. The molecule has 1 saturated heterocycles. The summed E-state index contributed by atoms with van der Waals surface area (Å²) in [6, 6.07) is 15.0. The fourth-order valence-electron chi connectivity index (χ4n) is 3.77. The first-order chi connectivity index (χ1) is 17.7. The van der Waals surface area contributed by atoms with Gasteiger partial charge in [0.25, 0.3) is 11.8 Å². The average Bonchev–Trinajstić information content (AvgIpc) is 2.84. The molecule has 0 aromatic heterocycles. The van der Waals surface area contributed by atoms with Gasteiger partial charge in [0, 0.05) is 5.02 Å². The number of hydrogen-bond acceptors (Lipinski definition) is 5. The molecule has 190 valence electrons. The molecule has 0 aliphatic carbocycles. The fraction of sp³-hybridized carbons (Fsp3) is 0.179. The van der Waals surface area contributed by atoms with E-state index in [1.807, 2.05) is 13.0 Å². The lowest BCUT2D eigenvalue weighted by Gasteiger charge is -2.26. The van der Waals surface area contributed by atoms with Crippen LogP contribution in [-0.4, -0.2) is 24.5 Å². The average molecular weight is 631 g/mol. The molecule has 0 unspecified atom stereocenters. The third kappa shape index (κ3) is 5.97. The summed E-state index contributed by atoms with van der Waals surface area (Å²) in [5.74, 6) is -0.457. The highest BCUT2D eigenvalue weighted by Crippen LogP contribution is 2.36. The SMILES string of the molecule is CCOc1cc(/C=C2\C(=O)NC(=O)N(c3ccc(Cl)cc3)C2=O)cc(I)c1OCc1ccc(C)c(C)c1. The Morgan fingerprint density at radius 2 is 1.70 bits per heavy atom. The molecule has 1 fully saturated rings. The van der Waals surface area contributed by atoms with E-state index < -0.39 is 17.8 Å². The number of carbonyl (C=O) groups is 3. The molecule has 3 aromatic carbocycles. The van der Waals surface area contributed by atoms with E-state index in [4.69, 9.17) is 21.1 Å². The number of anilines is 1. The van der Waals surface area contributed by atoms with Gasteiger partial charge in [-0.05, 0) is 108 Å². The monoisotopic (exact) mass is 630 g/mol. The molecule has 37 heavy (non-hydrogen) atoms. The molecule has 1 aliphatic rings. The van der Waals surface area contributed by atoms with Crippen molar-refractivity contribution in [2.45, 2.75) is 27.4 Å². The molecule has 4 rings (SSSR count). The summed E-state index contributed by atoms with van der Waals surface area (Å²) in [7, 11) is 0. The summed E-state index contributed by atoms with van der Waals surface area (Å²) >= 11 is 8.06. The topological polar surface area (TPSA) is 84.9 Å². The minimum Gasteiger partial charge on any atom is -0.490 e. The number of imide groups is 2. The Balaban J connectivity index is 1.65. The number of ether oxygens (including phenoxy) is 2. The third-order valence-corrected chi connectivity index (χ3v) is 6.84. The van der Waals surface area contributed by atoms with Crippen molar-refractivity contribution in [1.29, 1.82) is 0 Å². The zero-order valence-corrected chi connectivity index (χ0v) is 23.3. The third-order valence-electron chi connectivity index (χ3n) is 5.78. The molecule has 9 heteroatoms. The minimum atomic E-state index is -0.825. The lowest BCUT2D eigenvalue weighted by atomic mass is 10.1. The smallest absolute Gasteiger partial charge is 0.335 e. The number of amides is 4. The molecule has 0 saturated carbocycles. The van der Waals surface area contributed by atoms with E-state index in [9.17, 15) is 14.4 Å². The van der Waals surface area contributed by atoms with Crippen molar-refractivity contribution in [3.63, 3.8) is 0 Å². The lowest BCUT2D eigenvalue weighted by molar-refractivity contribution is -0.122. The summed E-state index contributed by atoms with van der Waals surface area (Å²) in [4.78, 5) is 39.1. The molecule has 0 spiro atoms. The summed E-state index contributed by atoms with van der Waals surface area (Å²) in [5, 5.41) is 2.68. The molecular weight excluding hydrogens is 607 g/mol. The molecule has 1 N–H and O–H groups in total. The molecule has 0 atom stereocenters. The molecule has 0 bridgehead atoms. The van der Waals surface area contributed by atoms with Crippen LogP contribution in [-0.2, 0) is 16.2 Å². The maximum absolute atomic E-state index is 13.2. The second-order valence-electron chi connectivity index (χ2n) is 8.40. The van der Waals surface area contributed by atoms with Crippen molar-refractivity contribution in [3.8, 4) is 11.5 Å². The van der Waals surface area contributed by atoms with Crippen LogP contribution in [0.25, 0.3) is 6.08 Å². The van der Waals surface area contributed by atoms with E-state index in [2.05, 4.69) is 53.9 Å². The van der Waals surface area contributed by atoms with Gasteiger partial charge in [0.15, 0.2) is 11.5 Å². The van der Waals surface area contributed by atoms with Crippen molar-refractivity contribution in [1.82, 2.24) is 5.32 Å². The molecule has 3 aromatic rings. The molecule has 1 aliphatic heterocycles. The van der Waals surface area contributed by atoms with Crippen LogP contribution in [0.4, 0.5) is 10.5 Å². The largest absolute Gasteiger partial charge is 0.490 e. The van der Waals surface area contributed by atoms with E-state index in [1.165, 1.54) is 29.3 Å². The van der Waals surface area contributed by atoms with Gasteiger partial charge in [-0.25, -0.2) is 9.69 Å². The Bertz CT molecular complexity index is 1420. The lowest BCUT2D eigenvalue weighted by Crippen LogP contribution is -2.54. The van der Waals surface area contributed by atoms with Gasteiger partial charge < -0.3 is 9.47 Å². The predicted octanol–water partition coefficient (Wildman–Crippen LogP) is 6.21.